The predicted molar refractivity (Wildman–Crippen MR) is 77.3 cm³/mol. The molecule has 1 aliphatic rings. The van der Waals surface area contributed by atoms with Crippen molar-refractivity contribution in [2.75, 3.05) is 0 Å². The molecule has 0 spiro atoms. The summed E-state index contributed by atoms with van der Waals surface area (Å²) < 4.78 is 40.7. The fourth-order valence-electron chi connectivity index (χ4n) is 2.87. The number of rotatable bonds is 3. The molecule has 3 rings (SSSR count). The summed E-state index contributed by atoms with van der Waals surface area (Å²) in [6.45, 7) is 0.532. The van der Waals surface area contributed by atoms with E-state index in [1.165, 1.54) is 18.2 Å². The highest BCUT2D eigenvalue weighted by Crippen LogP contribution is 2.31. The molecule has 0 fully saturated rings. The van der Waals surface area contributed by atoms with Crippen LogP contribution in [0, 0.1) is 5.92 Å². The van der Waals surface area contributed by atoms with Crippen LogP contribution >= 0.6 is 0 Å². The second-order valence-electron chi connectivity index (χ2n) is 5.61. The van der Waals surface area contributed by atoms with Gasteiger partial charge < -0.3 is 5.32 Å². The lowest BCUT2D eigenvalue weighted by Gasteiger charge is -2.23. The number of halogens is 3. The van der Waals surface area contributed by atoms with Crippen molar-refractivity contribution < 1.29 is 18.0 Å². The molecule has 1 amide bonds. The van der Waals surface area contributed by atoms with Gasteiger partial charge in [-0.2, -0.15) is 18.3 Å². The van der Waals surface area contributed by atoms with Crippen LogP contribution in [0.3, 0.4) is 0 Å². The van der Waals surface area contributed by atoms with Gasteiger partial charge in [0.1, 0.15) is 0 Å². The monoisotopic (exact) mass is 323 g/mol. The Bertz CT molecular complexity index is 709. The van der Waals surface area contributed by atoms with Crippen molar-refractivity contribution in [3.05, 3.63) is 53.3 Å². The number of hydrogen-bond acceptors (Lipinski definition) is 2. The highest BCUT2D eigenvalue weighted by atomic mass is 19.4. The minimum absolute atomic E-state index is 0.0780. The van der Waals surface area contributed by atoms with Crippen molar-refractivity contribution >= 4 is 5.91 Å². The maximum absolute atomic E-state index is 12.9. The van der Waals surface area contributed by atoms with Crippen molar-refractivity contribution in [2.24, 2.45) is 5.92 Å². The lowest BCUT2D eigenvalue weighted by molar-refractivity contribution is -0.138. The number of carbonyl (C=O) groups is 1. The molecule has 0 saturated heterocycles. The van der Waals surface area contributed by atoms with Gasteiger partial charge in [0.2, 0.25) is 5.91 Å². The number of nitrogens with one attached hydrogen (secondary N) is 1. The third-order valence-electron chi connectivity index (χ3n) is 4.10. The van der Waals surface area contributed by atoms with Gasteiger partial charge in [-0.1, -0.05) is 18.2 Å². The summed E-state index contributed by atoms with van der Waals surface area (Å²) in [6, 6.07) is 7.16. The first-order valence-electron chi connectivity index (χ1n) is 7.38. The Morgan fingerprint density at radius 2 is 2.09 bits per heavy atom. The fourth-order valence-corrected chi connectivity index (χ4v) is 2.87. The van der Waals surface area contributed by atoms with Crippen LogP contribution in [0.5, 0.6) is 0 Å². The van der Waals surface area contributed by atoms with Crippen LogP contribution in [0.2, 0.25) is 0 Å². The highest BCUT2D eigenvalue weighted by Gasteiger charge is 2.33. The van der Waals surface area contributed by atoms with E-state index < -0.39 is 11.7 Å². The van der Waals surface area contributed by atoms with Gasteiger partial charge >= 0.3 is 6.18 Å². The first-order chi connectivity index (χ1) is 10.9. The molecule has 122 valence electrons. The number of carbonyl (C=O) groups excluding carboxylic acids is 1. The molecular weight excluding hydrogens is 307 g/mol. The summed E-state index contributed by atoms with van der Waals surface area (Å²) in [6.07, 6.45) is -1.53. The summed E-state index contributed by atoms with van der Waals surface area (Å²) in [7, 11) is 0. The number of amides is 1. The highest BCUT2D eigenvalue weighted by molar-refractivity contribution is 5.79. The standard InChI is InChI=1S/C16H16F3N3O/c17-16(18,19)14-4-2-1-3-12(14)10-20-15(23)11-6-8-22-13(9-11)5-7-21-22/h1-5,7,11H,6,8-10H2,(H,20,23). The smallest absolute Gasteiger partial charge is 0.352 e. The van der Waals surface area contributed by atoms with E-state index in [2.05, 4.69) is 10.4 Å². The Labute approximate surface area is 131 Å². The normalized spacial score (nSPS) is 17.6. The maximum atomic E-state index is 12.9. The van der Waals surface area contributed by atoms with Crippen molar-refractivity contribution in [1.29, 1.82) is 0 Å². The number of aryl methyl sites for hydroxylation is 1. The maximum Gasteiger partial charge on any atom is 0.416 e. The largest absolute Gasteiger partial charge is 0.416 e. The Morgan fingerprint density at radius 1 is 1.30 bits per heavy atom. The number of aromatic nitrogens is 2. The molecule has 1 N–H and O–H groups in total. The molecule has 4 nitrogen and oxygen atoms in total. The van der Waals surface area contributed by atoms with Crippen LogP contribution in [-0.4, -0.2) is 15.7 Å². The Morgan fingerprint density at radius 3 is 2.87 bits per heavy atom. The molecule has 2 heterocycles. The van der Waals surface area contributed by atoms with Gasteiger partial charge in [0.15, 0.2) is 0 Å². The molecule has 1 atom stereocenters. The summed E-state index contributed by atoms with van der Waals surface area (Å²) >= 11 is 0. The van der Waals surface area contributed by atoms with Gasteiger partial charge in [-0.15, -0.1) is 0 Å². The molecule has 1 unspecified atom stereocenters. The number of fused-ring (bicyclic) bond motifs is 1. The lowest BCUT2D eigenvalue weighted by atomic mass is 9.95. The number of nitrogens with zero attached hydrogens (tertiary/aromatic N) is 2. The number of hydrogen-bond donors (Lipinski definition) is 1. The Hall–Kier alpha value is -2.31. The zero-order valence-electron chi connectivity index (χ0n) is 12.3. The van der Waals surface area contributed by atoms with Crippen molar-refractivity contribution in [2.45, 2.75) is 32.1 Å². The average molecular weight is 323 g/mol. The molecule has 2 aromatic rings. The lowest BCUT2D eigenvalue weighted by Crippen LogP contribution is -2.35. The summed E-state index contributed by atoms with van der Waals surface area (Å²) in [5.74, 6) is -0.438. The van der Waals surface area contributed by atoms with Gasteiger partial charge in [0, 0.05) is 37.3 Å². The van der Waals surface area contributed by atoms with Crippen LogP contribution in [-0.2, 0) is 30.5 Å². The van der Waals surface area contributed by atoms with Crippen molar-refractivity contribution in [3.8, 4) is 0 Å². The van der Waals surface area contributed by atoms with E-state index in [0.717, 1.165) is 11.8 Å². The van der Waals surface area contributed by atoms with E-state index in [9.17, 15) is 18.0 Å². The minimum atomic E-state index is -4.42. The predicted octanol–water partition coefficient (Wildman–Crippen LogP) is 2.78. The van der Waals surface area contributed by atoms with Crippen LogP contribution in [0.25, 0.3) is 0 Å². The third kappa shape index (κ3) is 3.38. The fraction of sp³-hybridized carbons (Fsp3) is 0.375. The molecule has 0 radical (unpaired) electrons. The van der Waals surface area contributed by atoms with Crippen molar-refractivity contribution in [1.82, 2.24) is 15.1 Å². The van der Waals surface area contributed by atoms with E-state index in [0.29, 0.717) is 19.4 Å². The second kappa shape index (κ2) is 6.06. The zero-order chi connectivity index (χ0) is 16.4. The molecule has 1 aromatic carbocycles. The third-order valence-corrected chi connectivity index (χ3v) is 4.10. The number of alkyl halides is 3. The van der Waals surface area contributed by atoms with E-state index in [1.54, 1.807) is 6.20 Å². The quantitative estimate of drug-likeness (QED) is 0.944. The van der Waals surface area contributed by atoms with Crippen molar-refractivity contribution in [3.63, 3.8) is 0 Å². The number of benzene rings is 1. The van der Waals surface area contributed by atoms with Gasteiger partial charge in [-0.05, 0) is 24.1 Å². The first kappa shape index (κ1) is 15.6. The van der Waals surface area contributed by atoms with Gasteiger partial charge in [0.25, 0.3) is 0 Å². The van der Waals surface area contributed by atoms with Gasteiger partial charge in [-0.25, -0.2) is 0 Å². The van der Waals surface area contributed by atoms with Crippen LogP contribution in [0.1, 0.15) is 23.2 Å². The summed E-state index contributed by atoms with van der Waals surface area (Å²) in [5, 5.41) is 6.78. The molecule has 1 aromatic heterocycles. The summed E-state index contributed by atoms with van der Waals surface area (Å²) in [4.78, 5) is 12.2. The van der Waals surface area contributed by atoms with E-state index >= 15 is 0 Å². The Kier molecular flexibility index (Phi) is 4.11. The summed E-state index contributed by atoms with van der Waals surface area (Å²) in [5.41, 5.74) is 0.350. The van der Waals surface area contributed by atoms with E-state index in [-0.39, 0.29) is 23.9 Å². The minimum Gasteiger partial charge on any atom is -0.352 e. The van der Waals surface area contributed by atoms with Gasteiger partial charge in [0.05, 0.1) is 5.56 Å². The van der Waals surface area contributed by atoms with Crippen LogP contribution < -0.4 is 5.32 Å². The molecule has 0 bridgehead atoms. The molecule has 23 heavy (non-hydrogen) atoms. The Balaban J connectivity index is 1.64. The van der Waals surface area contributed by atoms with E-state index in [4.69, 9.17) is 0 Å². The topological polar surface area (TPSA) is 46.9 Å². The SMILES string of the molecule is O=C(NCc1ccccc1C(F)(F)F)C1CCn2nccc2C1. The first-order valence-corrected chi connectivity index (χ1v) is 7.38. The molecule has 7 heteroatoms. The molecular formula is C16H16F3N3O. The van der Waals surface area contributed by atoms with Gasteiger partial charge in [-0.3, -0.25) is 9.48 Å². The second-order valence-corrected chi connectivity index (χ2v) is 5.61. The van der Waals surface area contributed by atoms with E-state index in [1.807, 2.05) is 10.7 Å². The van der Waals surface area contributed by atoms with Crippen LogP contribution in [0.15, 0.2) is 36.5 Å². The molecule has 0 aliphatic carbocycles. The average Bonchev–Trinajstić information content (AvgIpc) is 2.99. The molecule has 1 aliphatic heterocycles. The van der Waals surface area contributed by atoms with Crippen LogP contribution in [0.4, 0.5) is 13.2 Å². The zero-order valence-corrected chi connectivity index (χ0v) is 12.3. The molecule has 0 saturated carbocycles.